The first kappa shape index (κ1) is 19.7. The monoisotopic (exact) mass is 396 g/mol. The minimum Gasteiger partial charge on any atom is -0.386 e. The number of nitrogens with zero attached hydrogens (tertiary/aromatic N) is 2. The normalized spacial score (nSPS) is 22.1. The number of nitrogens with two attached hydrogens (primary N) is 1. The van der Waals surface area contributed by atoms with Crippen LogP contribution >= 0.6 is 0 Å². The first-order chi connectivity index (χ1) is 13.2. The van der Waals surface area contributed by atoms with E-state index < -0.39 is 35.6 Å². The average molecular weight is 396 g/mol. The molecule has 148 valence electrons. The maximum absolute atomic E-state index is 14.5. The van der Waals surface area contributed by atoms with Gasteiger partial charge in [0.15, 0.2) is 0 Å². The minimum absolute atomic E-state index is 0.0521. The molecule has 0 bridgehead atoms. The summed E-state index contributed by atoms with van der Waals surface area (Å²) in [5.74, 6) is -2.16. The van der Waals surface area contributed by atoms with Crippen molar-refractivity contribution in [1.29, 1.82) is 0 Å². The van der Waals surface area contributed by atoms with Crippen molar-refractivity contribution in [2.75, 3.05) is 11.9 Å². The third kappa shape index (κ3) is 3.81. The number of carbonyl (C=O) groups is 1. The molecular weight excluding hydrogens is 380 g/mol. The molecule has 2 aromatic rings. The van der Waals surface area contributed by atoms with E-state index in [1.807, 2.05) is 0 Å². The highest BCUT2D eigenvalue weighted by molar-refractivity contribution is 6.02. The third-order valence-electron chi connectivity index (χ3n) is 4.30. The number of aromatic nitrogens is 1. The summed E-state index contributed by atoms with van der Waals surface area (Å²) in [5, 5.41) is 2.46. The zero-order chi connectivity index (χ0) is 20.5. The minimum atomic E-state index is -2.94. The Hall–Kier alpha value is -3.01. The number of nitrogens with one attached hydrogen (secondary N) is 1. The number of benzene rings is 1. The highest BCUT2D eigenvalue weighted by Crippen LogP contribution is 2.39. The fourth-order valence-corrected chi connectivity index (χ4v) is 2.96. The molecule has 2 atom stereocenters. The zero-order valence-electron chi connectivity index (χ0n) is 14.6. The molecule has 10 heteroatoms. The Morgan fingerprint density at radius 2 is 2.07 bits per heavy atom. The molecule has 1 aromatic carbocycles. The molecule has 3 rings (SSSR count). The molecule has 0 radical (unpaired) electrons. The third-order valence-corrected chi connectivity index (χ3v) is 4.30. The molecule has 0 saturated carbocycles. The zero-order valence-corrected chi connectivity index (χ0v) is 14.6. The van der Waals surface area contributed by atoms with Gasteiger partial charge in [-0.1, -0.05) is 0 Å². The first-order valence-electron chi connectivity index (χ1n) is 8.17. The van der Waals surface area contributed by atoms with Crippen LogP contribution in [0.15, 0.2) is 41.5 Å². The van der Waals surface area contributed by atoms with E-state index in [1.165, 1.54) is 25.1 Å². The lowest BCUT2D eigenvalue weighted by atomic mass is 9.85. The van der Waals surface area contributed by atoms with Crippen LogP contribution < -0.4 is 11.1 Å². The van der Waals surface area contributed by atoms with Crippen LogP contribution in [0.5, 0.6) is 0 Å². The molecule has 1 unspecified atom stereocenters. The van der Waals surface area contributed by atoms with Crippen LogP contribution in [0.1, 0.15) is 23.0 Å². The number of rotatable bonds is 4. The van der Waals surface area contributed by atoms with E-state index in [0.29, 0.717) is 0 Å². The molecular formula is C18H16F4N4O2. The second-order valence-electron chi connectivity index (χ2n) is 6.33. The van der Waals surface area contributed by atoms with Crippen molar-refractivity contribution < 1.29 is 27.1 Å². The van der Waals surface area contributed by atoms with Gasteiger partial charge in [-0.3, -0.25) is 9.79 Å². The standard InChI is InChI=1S/C18H16F4N4O2/c1-18(15(16(21)22)28-8-14(23)26-18)11-6-10(3-4-12(11)20)25-17(27)13-5-2-9(19)7-24-13/h2-7,15-16H,8H2,1H3,(H2,23,26)(H,25,27)/t15?,18-/m1/s1. The Labute approximate surface area is 157 Å². The highest BCUT2D eigenvalue weighted by Gasteiger charge is 2.46. The van der Waals surface area contributed by atoms with Gasteiger partial charge in [0.1, 0.15) is 41.4 Å². The van der Waals surface area contributed by atoms with E-state index in [1.54, 1.807) is 0 Å². The summed E-state index contributed by atoms with van der Waals surface area (Å²) >= 11 is 0. The molecule has 28 heavy (non-hydrogen) atoms. The molecule has 3 N–H and O–H groups in total. The maximum Gasteiger partial charge on any atom is 0.274 e. The fraction of sp³-hybridized carbons (Fsp3) is 0.278. The van der Waals surface area contributed by atoms with Crippen molar-refractivity contribution in [3.63, 3.8) is 0 Å². The van der Waals surface area contributed by atoms with Gasteiger partial charge in [0, 0.05) is 11.3 Å². The van der Waals surface area contributed by atoms with Crippen molar-refractivity contribution in [3.8, 4) is 0 Å². The van der Waals surface area contributed by atoms with Crippen molar-refractivity contribution in [1.82, 2.24) is 4.98 Å². The summed E-state index contributed by atoms with van der Waals surface area (Å²) in [4.78, 5) is 19.9. The van der Waals surface area contributed by atoms with Gasteiger partial charge in [0.05, 0.1) is 6.20 Å². The molecule has 6 nitrogen and oxygen atoms in total. The lowest BCUT2D eigenvalue weighted by Crippen LogP contribution is -2.49. The number of pyridine rings is 1. The van der Waals surface area contributed by atoms with Crippen molar-refractivity contribution in [3.05, 3.63) is 59.4 Å². The van der Waals surface area contributed by atoms with E-state index in [-0.39, 0.29) is 29.4 Å². The number of anilines is 1. The average Bonchev–Trinajstić information content (AvgIpc) is 2.63. The topological polar surface area (TPSA) is 89.6 Å². The van der Waals surface area contributed by atoms with Gasteiger partial charge in [0.25, 0.3) is 12.3 Å². The van der Waals surface area contributed by atoms with E-state index in [2.05, 4.69) is 15.3 Å². The summed E-state index contributed by atoms with van der Waals surface area (Å²) in [6.07, 6.45) is -3.79. The van der Waals surface area contributed by atoms with Crippen LogP contribution in [0.3, 0.4) is 0 Å². The van der Waals surface area contributed by atoms with Crippen molar-refractivity contribution in [2.45, 2.75) is 25.0 Å². The second kappa shape index (κ2) is 7.55. The highest BCUT2D eigenvalue weighted by atomic mass is 19.3. The predicted octanol–water partition coefficient (Wildman–Crippen LogP) is 2.85. The van der Waals surface area contributed by atoms with Crippen LogP contribution in [0.25, 0.3) is 0 Å². The largest absolute Gasteiger partial charge is 0.386 e. The van der Waals surface area contributed by atoms with E-state index in [9.17, 15) is 22.4 Å². The Balaban J connectivity index is 1.95. The van der Waals surface area contributed by atoms with Crippen molar-refractivity contribution in [2.24, 2.45) is 10.7 Å². The van der Waals surface area contributed by atoms with E-state index >= 15 is 0 Å². The van der Waals surface area contributed by atoms with Crippen molar-refractivity contribution >= 4 is 17.4 Å². The van der Waals surface area contributed by atoms with Crippen LogP contribution in [0.4, 0.5) is 23.2 Å². The van der Waals surface area contributed by atoms with Gasteiger partial charge >= 0.3 is 0 Å². The van der Waals surface area contributed by atoms with Crippen LogP contribution in [-0.4, -0.2) is 35.9 Å². The summed E-state index contributed by atoms with van der Waals surface area (Å²) in [6, 6.07) is 5.67. The van der Waals surface area contributed by atoms with Gasteiger partial charge < -0.3 is 15.8 Å². The molecule has 0 spiro atoms. The molecule has 0 fully saturated rings. The summed E-state index contributed by atoms with van der Waals surface area (Å²) in [6.45, 7) is 0.986. The number of hydrogen-bond acceptors (Lipinski definition) is 5. The van der Waals surface area contributed by atoms with Crippen LogP contribution in [0.2, 0.25) is 0 Å². The Morgan fingerprint density at radius 1 is 1.32 bits per heavy atom. The van der Waals surface area contributed by atoms with Crippen LogP contribution in [-0.2, 0) is 10.3 Å². The first-order valence-corrected chi connectivity index (χ1v) is 8.17. The molecule has 1 amide bonds. The number of amides is 1. The number of carbonyl (C=O) groups excluding carboxylic acids is 1. The fourth-order valence-electron chi connectivity index (χ4n) is 2.96. The quantitative estimate of drug-likeness (QED) is 0.778. The number of ether oxygens (including phenoxy) is 1. The summed E-state index contributed by atoms with van der Waals surface area (Å²) < 4.78 is 59.4. The molecule has 1 aromatic heterocycles. The number of alkyl halides is 2. The smallest absolute Gasteiger partial charge is 0.274 e. The number of amidine groups is 1. The number of aliphatic imine (C=N–C) groups is 1. The molecule has 0 aliphatic carbocycles. The molecule has 2 heterocycles. The number of halogens is 4. The van der Waals surface area contributed by atoms with Crippen LogP contribution in [0, 0.1) is 11.6 Å². The number of hydrogen-bond donors (Lipinski definition) is 2. The predicted molar refractivity (Wildman–Crippen MR) is 93.3 cm³/mol. The summed E-state index contributed by atoms with van der Waals surface area (Å²) in [5.41, 5.74) is 3.64. The molecule has 1 aliphatic rings. The SMILES string of the molecule is C[C@]1(c2cc(NC(=O)c3ccc(F)cn3)ccc2F)N=C(N)COC1C(F)F. The lowest BCUT2D eigenvalue weighted by Gasteiger charge is -2.37. The lowest BCUT2D eigenvalue weighted by molar-refractivity contribution is -0.0883. The Morgan fingerprint density at radius 3 is 2.71 bits per heavy atom. The molecule has 1 aliphatic heterocycles. The Bertz CT molecular complexity index is 920. The second-order valence-corrected chi connectivity index (χ2v) is 6.33. The van der Waals surface area contributed by atoms with Gasteiger partial charge in [-0.05, 0) is 37.3 Å². The van der Waals surface area contributed by atoms with Gasteiger partial charge in [-0.15, -0.1) is 0 Å². The maximum atomic E-state index is 14.5. The summed E-state index contributed by atoms with van der Waals surface area (Å²) in [7, 11) is 0. The van der Waals surface area contributed by atoms with Gasteiger partial charge in [0.2, 0.25) is 0 Å². The Kier molecular flexibility index (Phi) is 5.32. The van der Waals surface area contributed by atoms with E-state index in [4.69, 9.17) is 10.5 Å². The van der Waals surface area contributed by atoms with Gasteiger partial charge in [-0.25, -0.2) is 22.5 Å². The van der Waals surface area contributed by atoms with E-state index in [0.717, 1.165) is 18.3 Å². The van der Waals surface area contributed by atoms with Gasteiger partial charge in [-0.2, -0.15) is 0 Å². The molecule has 0 saturated heterocycles.